The van der Waals surface area contributed by atoms with Crippen LogP contribution >= 0.6 is 0 Å². The molecule has 0 aliphatic carbocycles. The van der Waals surface area contributed by atoms with Crippen LogP contribution in [0.4, 0.5) is 4.79 Å². The van der Waals surface area contributed by atoms with Gasteiger partial charge in [-0.25, -0.2) is 14.6 Å². The van der Waals surface area contributed by atoms with Crippen LogP contribution in [0.25, 0.3) is 0 Å². The normalized spacial score (nSPS) is 12.9. The summed E-state index contributed by atoms with van der Waals surface area (Å²) in [5.74, 6) is -1.81. The molecule has 11 nitrogen and oxygen atoms in total. The van der Waals surface area contributed by atoms with Gasteiger partial charge in [0, 0.05) is 24.7 Å². The standard InChI is InChI=1S/C27H31N5O6/c1-18(26(35)37-2)30-24(33)22(13-19-9-5-3-6-10-19)31-25(34)23(14-21-15-28-17-29-21)32-27(36)38-16-20-11-7-4-8-12-20/h3-12,15,17-18,22-23H,13-14,16H2,1-2H3,(H,28,29)(H,30,33)(H,31,34)(H,32,36)/t18?,22-,23-/m0/s1. The van der Waals surface area contributed by atoms with Crippen molar-refractivity contribution < 1.29 is 28.7 Å². The number of aromatic amines is 1. The van der Waals surface area contributed by atoms with Crippen molar-refractivity contribution in [2.75, 3.05) is 7.11 Å². The van der Waals surface area contributed by atoms with Crippen molar-refractivity contribution in [1.29, 1.82) is 0 Å². The number of carbonyl (C=O) groups is 4. The van der Waals surface area contributed by atoms with E-state index in [4.69, 9.17) is 4.74 Å². The number of hydrogen-bond acceptors (Lipinski definition) is 7. The van der Waals surface area contributed by atoms with Gasteiger partial charge >= 0.3 is 12.1 Å². The number of methoxy groups -OCH3 is 1. The van der Waals surface area contributed by atoms with Gasteiger partial charge in [-0.2, -0.15) is 0 Å². The van der Waals surface area contributed by atoms with Gasteiger partial charge in [-0.05, 0) is 18.1 Å². The van der Waals surface area contributed by atoms with Crippen LogP contribution in [-0.2, 0) is 43.3 Å². The number of hydrogen-bond donors (Lipinski definition) is 4. The van der Waals surface area contributed by atoms with E-state index in [9.17, 15) is 19.2 Å². The van der Waals surface area contributed by atoms with Gasteiger partial charge < -0.3 is 30.4 Å². The molecule has 0 saturated carbocycles. The van der Waals surface area contributed by atoms with Gasteiger partial charge in [0.15, 0.2) is 0 Å². The number of H-pyrrole nitrogens is 1. The fraction of sp³-hybridized carbons (Fsp3) is 0.296. The number of aromatic nitrogens is 2. The third-order valence-electron chi connectivity index (χ3n) is 5.63. The van der Waals surface area contributed by atoms with Gasteiger partial charge in [-0.3, -0.25) is 9.59 Å². The van der Waals surface area contributed by atoms with E-state index < -0.39 is 42.0 Å². The highest BCUT2D eigenvalue weighted by atomic mass is 16.5. The lowest BCUT2D eigenvalue weighted by Gasteiger charge is -2.24. The Kier molecular flexibility index (Phi) is 10.4. The van der Waals surface area contributed by atoms with Crippen LogP contribution in [0.15, 0.2) is 73.2 Å². The van der Waals surface area contributed by atoms with Gasteiger partial charge in [-0.1, -0.05) is 60.7 Å². The van der Waals surface area contributed by atoms with E-state index in [2.05, 4.69) is 30.7 Å². The number of carbonyl (C=O) groups excluding carboxylic acids is 4. The topological polar surface area (TPSA) is 152 Å². The maximum Gasteiger partial charge on any atom is 0.408 e. The molecule has 38 heavy (non-hydrogen) atoms. The summed E-state index contributed by atoms with van der Waals surface area (Å²) in [4.78, 5) is 57.7. The molecular formula is C27H31N5O6. The summed E-state index contributed by atoms with van der Waals surface area (Å²) in [6.45, 7) is 1.51. The molecule has 3 atom stereocenters. The van der Waals surface area contributed by atoms with Gasteiger partial charge in [0.05, 0.1) is 13.4 Å². The lowest BCUT2D eigenvalue weighted by atomic mass is 10.0. The van der Waals surface area contributed by atoms with Crippen LogP contribution in [-0.4, -0.2) is 59.1 Å². The highest BCUT2D eigenvalue weighted by molar-refractivity contribution is 5.93. The molecule has 200 valence electrons. The molecule has 2 aromatic carbocycles. The number of imidazole rings is 1. The minimum atomic E-state index is -1.08. The first-order valence-corrected chi connectivity index (χ1v) is 12.0. The molecule has 11 heteroatoms. The highest BCUT2D eigenvalue weighted by Gasteiger charge is 2.29. The molecule has 4 N–H and O–H groups in total. The van der Waals surface area contributed by atoms with Crippen molar-refractivity contribution in [1.82, 2.24) is 25.9 Å². The van der Waals surface area contributed by atoms with Crippen molar-refractivity contribution in [2.24, 2.45) is 0 Å². The molecule has 3 aromatic rings. The van der Waals surface area contributed by atoms with Crippen LogP contribution in [0.1, 0.15) is 23.7 Å². The number of alkyl carbamates (subject to hydrolysis) is 1. The third kappa shape index (κ3) is 8.77. The van der Waals surface area contributed by atoms with E-state index in [1.807, 2.05) is 60.7 Å². The zero-order valence-electron chi connectivity index (χ0n) is 21.2. The Morgan fingerprint density at radius 1 is 0.842 bits per heavy atom. The zero-order valence-corrected chi connectivity index (χ0v) is 21.2. The summed E-state index contributed by atoms with van der Waals surface area (Å²) in [5, 5.41) is 7.85. The van der Waals surface area contributed by atoms with E-state index in [1.54, 1.807) is 0 Å². The van der Waals surface area contributed by atoms with Crippen molar-refractivity contribution >= 4 is 23.9 Å². The summed E-state index contributed by atoms with van der Waals surface area (Å²) in [6, 6.07) is 15.2. The van der Waals surface area contributed by atoms with Crippen LogP contribution < -0.4 is 16.0 Å². The maximum atomic E-state index is 13.4. The minimum absolute atomic E-state index is 0.0233. The van der Waals surface area contributed by atoms with Gasteiger partial charge in [0.25, 0.3) is 0 Å². The Hall–Kier alpha value is -4.67. The molecule has 0 fully saturated rings. The molecule has 0 aliphatic rings. The summed E-state index contributed by atoms with van der Waals surface area (Å²) >= 11 is 0. The predicted octanol–water partition coefficient (Wildman–Crippen LogP) is 1.65. The average molecular weight is 522 g/mol. The Labute approximate surface area is 220 Å². The van der Waals surface area contributed by atoms with Gasteiger partial charge in [0.2, 0.25) is 11.8 Å². The van der Waals surface area contributed by atoms with Gasteiger partial charge in [0.1, 0.15) is 24.7 Å². The lowest BCUT2D eigenvalue weighted by molar-refractivity contribution is -0.144. The number of benzene rings is 2. The van der Waals surface area contributed by atoms with Crippen molar-refractivity contribution in [3.8, 4) is 0 Å². The van der Waals surface area contributed by atoms with E-state index in [-0.39, 0.29) is 19.4 Å². The molecule has 3 amide bonds. The van der Waals surface area contributed by atoms with Crippen LogP contribution in [0, 0.1) is 0 Å². The summed E-state index contributed by atoms with van der Waals surface area (Å²) in [6.07, 6.45) is 2.42. The quantitative estimate of drug-likeness (QED) is 0.265. The number of amides is 3. The molecule has 0 saturated heterocycles. The second-order valence-corrected chi connectivity index (χ2v) is 8.54. The van der Waals surface area contributed by atoms with Crippen LogP contribution in [0.3, 0.4) is 0 Å². The summed E-state index contributed by atoms with van der Waals surface area (Å²) < 4.78 is 9.96. The second kappa shape index (κ2) is 14.2. The molecule has 0 aliphatic heterocycles. The van der Waals surface area contributed by atoms with Gasteiger partial charge in [-0.15, -0.1) is 0 Å². The Balaban J connectivity index is 1.73. The molecule has 1 aromatic heterocycles. The Morgan fingerprint density at radius 3 is 2.05 bits per heavy atom. The van der Waals surface area contributed by atoms with E-state index in [0.29, 0.717) is 5.69 Å². The number of nitrogens with one attached hydrogen (secondary N) is 4. The predicted molar refractivity (Wildman–Crippen MR) is 138 cm³/mol. The number of nitrogens with zero attached hydrogens (tertiary/aromatic N) is 1. The molecule has 3 rings (SSSR count). The zero-order chi connectivity index (χ0) is 27.3. The van der Waals surface area contributed by atoms with Crippen LogP contribution in [0.5, 0.6) is 0 Å². The summed E-state index contributed by atoms with van der Waals surface area (Å²) in [7, 11) is 1.22. The minimum Gasteiger partial charge on any atom is -0.467 e. The van der Waals surface area contributed by atoms with E-state index in [0.717, 1.165) is 11.1 Å². The SMILES string of the molecule is COC(=O)C(C)NC(=O)[C@H](Cc1ccccc1)NC(=O)[C@H](Cc1cnc[nH]1)NC(=O)OCc1ccccc1. The average Bonchev–Trinajstić information content (AvgIpc) is 3.45. The molecule has 1 unspecified atom stereocenters. The largest absolute Gasteiger partial charge is 0.467 e. The molecule has 1 heterocycles. The van der Waals surface area contributed by atoms with Crippen LogP contribution in [0.2, 0.25) is 0 Å². The fourth-order valence-corrected chi connectivity index (χ4v) is 3.61. The van der Waals surface area contributed by atoms with E-state index in [1.165, 1.54) is 26.6 Å². The summed E-state index contributed by atoms with van der Waals surface area (Å²) in [5.41, 5.74) is 2.17. The monoisotopic (exact) mass is 521 g/mol. The third-order valence-corrected chi connectivity index (χ3v) is 5.63. The maximum absolute atomic E-state index is 13.4. The first kappa shape index (κ1) is 27.9. The first-order chi connectivity index (χ1) is 18.4. The molecule has 0 bridgehead atoms. The highest BCUT2D eigenvalue weighted by Crippen LogP contribution is 2.07. The molecular weight excluding hydrogens is 490 g/mol. The molecule has 0 radical (unpaired) electrons. The Morgan fingerprint density at radius 2 is 1.45 bits per heavy atom. The van der Waals surface area contributed by atoms with Crippen molar-refractivity contribution in [3.63, 3.8) is 0 Å². The Bertz CT molecular complexity index is 1190. The number of ether oxygens (including phenoxy) is 2. The molecule has 0 spiro atoms. The van der Waals surface area contributed by atoms with E-state index >= 15 is 0 Å². The number of rotatable bonds is 12. The number of esters is 1. The lowest BCUT2D eigenvalue weighted by Crippen LogP contribution is -2.56. The smallest absolute Gasteiger partial charge is 0.408 e. The second-order valence-electron chi connectivity index (χ2n) is 8.54. The van der Waals surface area contributed by atoms with Crippen molar-refractivity contribution in [3.05, 3.63) is 90.0 Å². The van der Waals surface area contributed by atoms with Crippen molar-refractivity contribution in [2.45, 2.75) is 44.5 Å². The first-order valence-electron chi connectivity index (χ1n) is 12.0. The fourth-order valence-electron chi connectivity index (χ4n) is 3.61.